The van der Waals surface area contributed by atoms with Crippen LogP contribution in [-0.2, 0) is 6.54 Å². The molecule has 4 rings (SSSR count). The lowest BCUT2D eigenvalue weighted by Gasteiger charge is -2.12. The largest absolute Gasteiger partial charge is 0.366 e. The molecule has 5 nitrogen and oxygen atoms in total. The molecule has 0 aliphatic rings. The van der Waals surface area contributed by atoms with E-state index in [9.17, 15) is 4.39 Å². The normalized spacial score (nSPS) is 10.5. The number of halogens is 1. The minimum absolute atomic E-state index is 0.307. The molecule has 0 atom stereocenters. The zero-order chi connectivity index (χ0) is 19.2. The molecule has 4 aromatic rings. The van der Waals surface area contributed by atoms with Crippen molar-refractivity contribution in [2.45, 2.75) is 6.54 Å². The van der Waals surface area contributed by atoms with Gasteiger partial charge in [-0.1, -0.05) is 36.4 Å². The number of rotatable bonds is 6. The third-order valence-electron chi connectivity index (χ3n) is 4.08. The summed E-state index contributed by atoms with van der Waals surface area (Å²) in [6.07, 6.45) is 3.51. The third-order valence-corrected chi connectivity index (χ3v) is 4.08. The molecule has 2 heterocycles. The topological polar surface area (TPSA) is 62.7 Å². The highest BCUT2D eigenvalue weighted by Gasteiger charge is 2.08. The lowest BCUT2D eigenvalue weighted by molar-refractivity contribution is 0.628. The third kappa shape index (κ3) is 4.48. The molecule has 6 heteroatoms. The van der Waals surface area contributed by atoms with E-state index < -0.39 is 0 Å². The van der Waals surface area contributed by atoms with E-state index in [-0.39, 0.29) is 5.82 Å². The van der Waals surface area contributed by atoms with Crippen LogP contribution in [0.2, 0.25) is 0 Å². The fraction of sp³-hybridized carbons (Fsp3) is 0.0455. The van der Waals surface area contributed by atoms with Gasteiger partial charge in [0.25, 0.3) is 0 Å². The Balaban J connectivity index is 1.64. The fourth-order valence-corrected chi connectivity index (χ4v) is 2.73. The summed E-state index contributed by atoms with van der Waals surface area (Å²) in [6.45, 7) is 0.604. The maximum Gasteiger partial charge on any atom is 0.163 e. The minimum atomic E-state index is -0.307. The number of pyridine rings is 1. The number of hydrogen-bond donors (Lipinski definition) is 2. The SMILES string of the molecule is Fc1cccc(Nc2cc(NCc3ccncc3)nc(-c3ccccc3)n2)c1. The molecule has 0 aliphatic carbocycles. The molecule has 2 aromatic heterocycles. The van der Waals surface area contributed by atoms with E-state index in [4.69, 9.17) is 0 Å². The van der Waals surface area contributed by atoms with Crippen molar-refractivity contribution in [3.05, 3.63) is 96.6 Å². The van der Waals surface area contributed by atoms with Gasteiger partial charge >= 0.3 is 0 Å². The summed E-state index contributed by atoms with van der Waals surface area (Å²) >= 11 is 0. The highest BCUT2D eigenvalue weighted by molar-refractivity contribution is 5.65. The van der Waals surface area contributed by atoms with Gasteiger partial charge in [0.05, 0.1) is 0 Å². The maximum absolute atomic E-state index is 13.5. The van der Waals surface area contributed by atoms with Crippen LogP contribution in [0.1, 0.15) is 5.56 Å². The van der Waals surface area contributed by atoms with Crippen molar-refractivity contribution in [2.24, 2.45) is 0 Å². The van der Waals surface area contributed by atoms with Gasteiger partial charge in [0.1, 0.15) is 17.5 Å². The average molecular weight is 371 g/mol. The Kier molecular flexibility index (Phi) is 5.20. The summed E-state index contributed by atoms with van der Waals surface area (Å²) < 4.78 is 13.5. The molecule has 0 bridgehead atoms. The van der Waals surface area contributed by atoms with Crippen molar-refractivity contribution in [2.75, 3.05) is 10.6 Å². The van der Waals surface area contributed by atoms with Gasteiger partial charge in [-0.2, -0.15) is 0 Å². The van der Waals surface area contributed by atoms with Gasteiger partial charge in [-0.05, 0) is 35.9 Å². The first-order valence-corrected chi connectivity index (χ1v) is 8.86. The zero-order valence-corrected chi connectivity index (χ0v) is 15.0. The zero-order valence-electron chi connectivity index (χ0n) is 15.0. The number of aromatic nitrogens is 3. The van der Waals surface area contributed by atoms with E-state index in [1.54, 1.807) is 30.6 Å². The second-order valence-corrected chi connectivity index (χ2v) is 6.17. The lowest BCUT2D eigenvalue weighted by Crippen LogP contribution is -2.05. The molecular formula is C22H18FN5. The number of nitrogens with zero attached hydrogens (tertiary/aromatic N) is 3. The van der Waals surface area contributed by atoms with Crippen LogP contribution in [0.5, 0.6) is 0 Å². The Labute approximate surface area is 162 Å². The molecule has 2 N–H and O–H groups in total. The predicted molar refractivity (Wildman–Crippen MR) is 109 cm³/mol. The van der Waals surface area contributed by atoms with Crippen LogP contribution in [0.4, 0.5) is 21.7 Å². The molecule has 0 amide bonds. The highest BCUT2D eigenvalue weighted by Crippen LogP contribution is 2.23. The van der Waals surface area contributed by atoms with E-state index >= 15 is 0 Å². The van der Waals surface area contributed by atoms with Crippen molar-refractivity contribution in [3.8, 4) is 11.4 Å². The molecule has 0 unspecified atom stereocenters. The van der Waals surface area contributed by atoms with E-state index in [0.29, 0.717) is 29.7 Å². The first kappa shape index (κ1) is 17.6. The molecule has 138 valence electrons. The van der Waals surface area contributed by atoms with Gasteiger partial charge in [-0.3, -0.25) is 4.98 Å². The van der Waals surface area contributed by atoms with Crippen LogP contribution in [0.15, 0.2) is 85.2 Å². The van der Waals surface area contributed by atoms with Crippen LogP contribution in [0.3, 0.4) is 0 Å². The van der Waals surface area contributed by atoms with Crippen LogP contribution < -0.4 is 10.6 Å². The lowest BCUT2D eigenvalue weighted by atomic mass is 10.2. The molecule has 0 radical (unpaired) electrons. The highest BCUT2D eigenvalue weighted by atomic mass is 19.1. The summed E-state index contributed by atoms with van der Waals surface area (Å²) in [5.74, 6) is 1.53. The minimum Gasteiger partial charge on any atom is -0.366 e. The Morgan fingerprint density at radius 3 is 2.36 bits per heavy atom. The predicted octanol–water partition coefficient (Wildman–Crippen LogP) is 5.03. The number of anilines is 3. The van der Waals surface area contributed by atoms with Crippen molar-refractivity contribution in [3.63, 3.8) is 0 Å². The van der Waals surface area contributed by atoms with E-state index in [1.165, 1.54) is 12.1 Å². The molecular weight excluding hydrogens is 353 g/mol. The first-order chi connectivity index (χ1) is 13.8. The molecule has 0 saturated heterocycles. The standard InChI is InChI=1S/C22H18FN5/c23-18-7-4-8-19(13-18)26-21-14-20(25-15-16-9-11-24-12-10-16)27-22(28-21)17-5-2-1-3-6-17/h1-14H,15H2,(H2,25,26,27,28). The molecule has 0 saturated carbocycles. The summed E-state index contributed by atoms with van der Waals surface area (Å²) in [5.41, 5.74) is 2.62. The first-order valence-electron chi connectivity index (χ1n) is 8.86. The van der Waals surface area contributed by atoms with Gasteiger partial charge in [0, 0.05) is 36.3 Å². The Morgan fingerprint density at radius 2 is 1.57 bits per heavy atom. The maximum atomic E-state index is 13.5. The summed E-state index contributed by atoms with van der Waals surface area (Å²) in [7, 11) is 0. The van der Waals surface area contributed by atoms with Gasteiger partial charge in [-0.15, -0.1) is 0 Å². The molecule has 0 spiro atoms. The van der Waals surface area contributed by atoms with Crippen molar-refractivity contribution < 1.29 is 4.39 Å². The number of hydrogen-bond acceptors (Lipinski definition) is 5. The molecule has 28 heavy (non-hydrogen) atoms. The van der Waals surface area contributed by atoms with Gasteiger partial charge < -0.3 is 10.6 Å². The van der Waals surface area contributed by atoms with Crippen LogP contribution in [-0.4, -0.2) is 15.0 Å². The van der Waals surface area contributed by atoms with Crippen LogP contribution in [0.25, 0.3) is 11.4 Å². The smallest absolute Gasteiger partial charge is 0.163 e. The van der Waals surface area contributed by atoms with Crippen molar-refractivity contribution in [1.29, 1.82) is 0 Å². The molecule has 0 aliphatic heterocycles. The van der Waals surface area contributed by atoms with Gasteiger partial charge in [-0.25, -0.2) is 14.4 Å². The average Bonchev–Trinajstić information content (AvgIpc) is 2.74. The van der Waals surface area contributed by atoms with E-state index in [1.807, 2.05) is 42.5 Å². The van der Waals surface area contributed by atoms with E-state index in [2.05, 4.69) is 25.6 Å². The second kappa shape index (κ2) is 8.26. The van der Waals surface area contributed by atoms with Crippen molar-refractivity contribution >= 4 is 17.3 Å². The Hall–Kier alpha value is -3.80. The summed E-state index contributed by atoms with van der Waals surface area (Å²) in [6, 6.07) is 21.7. The van der Waals surface area contributed by atoms with Gasteiger partial charge in [0.2, 0.25) is 0 Å². The summed E-state index contributed by atoms with van der Waals surface area (Å²) in [5, 5.41) is 6.47. The van der Waals surface area contributed by atoms with E-state index in [0.717, 1.165) is 11.1 Å². The fourth-order valence-electron chi connectivity index (χ4n) is 2.73. The molecule has 0 fully saturated rings. The monoisotopic (exact) mass is 371 g/mol. The second-order valence-electron chi connectivity index (χ2n) is 6.17. The van der Waals surface area contributed by atoms with Crippen LogP contribution in [0, 0.1) is 5.82 Å². The molecule has 2 aromatic carbocycles. The van der Waals surface area contributed by atoms with Crippen LogP contribution >= 0.6 is 0 Å². The van der Waals surface area contributed by atoms with Crippen molar-refractivity contribution in [1.82, 2.24) is 15.0 Å². The van der Waals surface area contributed by atoms with Gasteiger partial charge in [0.15, 0.2) is 5.82 Å². The summed E-state index contributed by atoms with van der Waals surface area (Å²) in [4.78, 5) is 13.2. The number of nitrogens with one attached hydrogen (secondary N) is 2. The Bertz CT molecular complexity index is 1050. The Morgan fingerprint density at radius 1 is 0.786 bits per heavy atom. The quantitative estimate of drug-likeness (QED) is 0.497. The number of benzene rings is 2.